The summed E-state index contributed by atoms with van der Waals surface area (Å²) < 4.78 is 6.61. The highest BCUT2D eigenvalue weighted by Crippen LogP contribution is 2.40. The molecule has 0 spiro atoms. The van der Waals surface area contributed by atoms with Gasteiger partial charge in [0, 0.05) is 6.61 Å². The molecule has 0 N–H and O–H groups in total. The van der Waals surface area contributed by atoms with Gasteiger partial charge in [0.25, 0.3) is 0 Å². The topological polar surface area (TPSA) is 26.3 Å². The molecule has 0 radical (unpaired) electrons. The van der Waals surface area contributed by atoms with Crippen molar-refractivity contribution in [3.05, 3.63) is 108 Å². The molecule has 0 aliphatic rings. The molecule has 0 amide bonds. The van der Waals surface area contributed by atoms with E-state index in [-0.39, 0.29) is 0 Å². The fraction of sp³-hybridized carbons (Fsp3) is 0.208. The molecule has 2 nitrogen and oxygen atoms in total. The van der Waals surface area contributed by atoms with Crippen LogP contribution in [0.15, 0.2) is 91.0 Å². The van der Waals surface area contributed by atoms with Gasteiger partial charge in [0.2, 0.25) is 0 Å². The smallest absolute Gasteiger partial charge is 0.143 e. The van der Waals surface area contributed by atoms with E-state index >= 15 is 0 Å². The first-order valence-corrected chi connectivity index (χ1v) is 9.61. The first-order chi connectivity index (χ1) is 13.3. The first kappa shape index (κ1) is 19.3. The molecule has 0 saturated carbocycles. The Bertz CT molecular complexity index is 722. The second kappa shape index (κ2) is 9.50. The van der Waals surface area contributed by atoms with Gasteiger partial charge in [-0.25, -0.2) is 0 Å². The molecular formula is C24H23ClO2. The normalized spacial score (nSPS) is 12.5. The predicted molar refractivity (Wildman–Crippen MR) is 110 cm³/mol. The standard InChI is InChI=1S/C24H23ClO2/c25-23(19-26)17-10-18-27-24(20-11-4-1-5-12-20,21-13-6-2-7-14-21)22-15-8-3-9-16-22/h1-9,11-16,19,23H,10,17-18H2. The molecule has 0 fully saturated rings. The maximum absolute atomic E-state index is 10.8. The molecule has 1 unspecified atom stereocenters. The predicted octanol–water partition coefficient (Wildman–Crippen LogP) is 5.58. The number of carbonyl (C=O) groups excluding carboxylic acids is 1. The summed E-state index contributed by atoms with van der Waals surface area (Å²) in [6.45, 7) is 0.496. The van der Waals surface area contributed by atoms with Crippen molar-refractivity contribution in [1.82, 2.24) is 0 Å². The molecule has 0 aliphatic carbocycles. The average Bonchev–Trinajstić information content (AvgIpc) is 2.75. The SMILES string of the molecule is O=CC(Cl)CCCOC(c1ccccc1)(c1ccccc1)c1ccccc1. The highest BCUT2D eigenvalue weighted by Gasteiger charge is 2.37. The number of ether oxygens (including phenoxy) is 1. The third kappa shape index (κ3) is 4.47. The van der Waals surface area contributed by atoms with E-state index in [4.69, 9.17) is 16.3 Å². The molecular weight excluding hydrogens is 356 g/mol. The molecule has 27 heavy (non-hydrogen) atoms. The van der Waals surface area contributed by atoms with Crippen LogP contribution in [-0.2, 0) is 15.1 Å². The average molecular weight is 379 g/mol. The summed E-state index contributed by atoms with van der Waals surface area (Å²) in [7, 11) is 0. The second-order valence-corrected chi connectivity index (χ2v) is 6.98. The number of rotatable bonds is 9. The van der Waals surface area contributed by atoms with Crippen LogP contribution >= 0.6 is 11.6 Å². The Morgan fingerprint density at radius 2 is 1.19 bits per heavy atom. The number of carbonyl (C=O) groups is 1. The third-order valence-electron chi connectivity index (χ3n) is 4.63. The van der Waals surface area contributed by atoms with E-state index in [2.05, 4.69) is 36.4 Å². The van der Waals surface area contributed by atoms with Gasteiger partial charge in [-0.2, -0.15) is 0 Å². The zero-order valence-electron chi connectivity index (χ0n) is 15.1. The summed E-state index contributed by atoms with van der Waals surface area (Å²) in [5.74, 6) is 0. The van der Waals surface area contributed by atoms with Crippen LogP contribution in [0, 0.1) is 0 Å². The largest absolute Gasteiger partial charge is 0.361 e. The van der Waals surface area contributed by atoms with Crippen molar-refractivity contribution >= 4 is 17.9 Å². The molecule has 138 valence electrons. The number of alkyl halides is 1. The molecule has 3 heteroatoms. The van der Waals surface area contributed by atoms with Crippen molar-refractivity contribution in [2.45, 2.75) is 23.8 Å². The van der Waals surface area contributed by atoms with E-state index < -0.39 is 11.0 Å². The minimum absolute atomic E-state index is 0.465. The minimum Gasteiger partial charge on any atom is -0.361 e. The highest BCUT2D eigenvalue weighted by atomic mass is 35.5. The summed E-state index contributed by atoms with van der Waals surface area (Å²) in [6.07, 6.45) is 2.08. The van der Waals surface area contributed by atoms with Gasteiger partial charge in [0.1, 0.15) is 11.9 Å². The van der Waals surface area contributed by atoms with Crippen LogP contribution in [0.3, 0.4) is 0 Å². The van der Waals surface area contributed by atoms with Gasteiger partial charge in [0.05, 0.1) is 5.38 Å². The Kier molecular flexibility index (Phi) is 6.80. The summed E-state index contributed by atoms with van der Waals surface area (Å²) in [4.78, 5) is 10.8. The summed E-state index contributed by atoms with van der Waals surface area (Å²) in [5, 5.41) is -0.465. The highest BCUT2D eigenvalue weighted by molar-refractivity contribution is 6.27. The van der Waals surface area contributed by atoms with Crippen molar-refractivity contribution < 1.29 is 9.53 Å². The van der Waals surface area contributed by atoms with Crippen molar-refractivity contribution in [3.8, 4) is 0 Å². The van der Waals surface area contributed by atoms with Gasteiger partial charge in [-0.1, -0.05) is 91.0 Å². The Morgan fingerprint density at radius 3 is 1.56 bits per heavy atom. The maximum atomic E-state index is 10.8. The molecule has 0 aliphatic heterocycles. The Balaban J connectivity index is 2.04. The Morgan fingerprint density at radius 1 is 0.778 bits per heavy atom. The number of hydrogen-bond donors (Lipinski definition) is 0. The molecule has 0 saturated heterocycles. The van der Waals surface area contributed by atoms with Crippen molar-refractivity contribution in [1.29, 1.82) is 0 Å². The quantitative estimate of drug-likeness (QED) is 0.210. The van der Waals surface area contributed by atoms with Crippen LogP contribution < -0.4 is 0 Å². The Hall–Kier alpha value is -2.42. The van der Waals surface area contributed by atoms with Crippen molar-refractivity contribution in [3.63, 3.8) is 0 Å². The summed E-state index contributed by atoms with van der Waals surface area (Å²) in [6, 6.07) is 30.7. The van der Waals surface area contributed by atoms with E-state index in [9.17, 15) is 4.79 Å². The lowest BCUT2D eigenvalue weighted by molar-refractivity contribution is -0.107. The van der Waals surface area contributed by atoms with Gasteiger partial charge in [0.15, 0.2) is 0 Å². The second-order valence-electron chi connectivity index (χ2n) is 6.42. The van der Waals surface area contributed by atoms with Gasteiger partial charge in [-0.15, -0.1) is 11.6 Å². The van der Waals surface area contributed by atoms with Crippen LogP contribution in [-0.4, -0.2) is 18.3 Å². The molecule has 0 heterocycles. The van der Waals surface area contributed by atoms with Gasteiger partial charge in [-0.05, 0) is 29.5 Å². The molecule has 0 aromatic heterocycles. The lowest BCUT2D eigenvalue weighted by Gasteiger charge is -2.36. The summed E-state index contributed by atoms with van der Waals surface area (Å²) >= 11 is 5.94. The monoisotopic (exact) mass is 378 g/mol. The number of aldehydes is 1. The lowest BCUT2D eigenvalue weighted by atomic mass is 9.80. The number of halogens is 1. The lowest BCUT2D eigenvalue weighted by Crippen LogP contribution is -2.33. The number of benzene rings is 3. The molecule has 3 aromatic carbocycles. The van der Waals surface area contributed by atoms with Crippen LogP contribution in [0.2, 0.25) is 0 Å². The zero-order chi connectivity index (χ0) is 19.0. The van der Waals surface area contributed by atoms with E-state index in [0.29, 0.717) is 19.4 Å². The zero-order valence-corrected chi connectivity index (χ0v) is 15.9. The van der Waals surface area contributed by atoms with E-state index in [1.54, 1.807) is 0 Å². The van der Waals surface area contributed by atoms with Crippen LogP contribution in [0.1, 0.15) is 29.5 Å². The minimum atomic E-state index is -0.716. The fourth-order valence-electron chi connectivity index (χ4n) is 3.34. The van der Waals surface area contributed by atoms with E-state index in [1.165, 1.54) is 0 Å². The van der Waals surface area contributed by atoms with Gasteiger partial charge < -0.3 is 9.53 Å². The van der Waals surface area contributed by atoms with Crippen molar-refractivity contribution in [2.75, 3.05) is 6.61 Å². The van der Waals surface area contributed by atoms with Gasteiger partial charge >= 0.3 is 0 Å². The number of hydrogen-bond acceptors (Lipinski definition) is 2. The third-order valence-corrected chi connectivity index (χ3v) is 4.95. The van der Waals surface area contributed by atoms with E-state index in [0.717, 1.165) is 23.0 Å². The Labute approximate surface area is 165 Å². The van der Waals surface area contributed by atoms with Crippen LogP contribution in [0.5, 0.6) is 0 Å². The maximum Gasteiger partial charge on any atom is 0.143 e. The van der Waals surface area contributed by atoms with Crippen molar-refractivity contribution in [2.24, 2.45) is 0 Å². The first-order valence-electron chi connectivity index (χ1n) is 9.17. The molecule has 3 aromatic rings. The van der Waals surface area contributed by atoms with Crippen LogP contribution in [0.4, 0.5) is 0 Å². The molecule has 3 rings (SSSR count). The fourth-order valence-corrected chi connectivity index (χ4v) is 3.49. The molecule has 1 atom stereocenters. The van der Waals surface area contributed by atoms with E-state index in [1.807, 2.05) is 54.6 Å². The molecule has 0 bridgehead atoms. The van der Waals surface area contributed by atoms with Gasteiger partial charge in [-0.3, -0.25) is 0 Å². The summed E-state index contributed by atoms with van der Waals surface area (Å²) in [5.41, 5.74) is 2.49. The van der Waals surface area contributed by atoms with Crippen LogP contribution in [0.25, 0.3) is 0 Å².